The van der Waals surface area contributed by atoms with Crippen molar-refractivity contribution in [1.82, 2.24) is 0 Å². The first-order chi connectivity index (χ1) is 11.6. The molecule has 122 valence electrons. The first kappa shape index (κ1) is 15.6. The molecule has 1 aliphatic heterocycles. The number of carbonyl (C=O) groups is 2. The molecule has 0 bridgehead atoms. The number of hydrogen-bond donors (Lipinski definition) is 2. The maximum Gasteiger partial charge on any atom is 0.336 e. The Morgan fingerprint density at radius 1 is 0.958 bits per heavy atom. The molecule has 2 aromatic carbocycles. The summed E-state index contributed by atoms with van der Waals surface area (Å²) in [5.41, 5.74) is 0.735. The van der Waals surface area contributed by atoms with Crippen LogP contribution in [0.25, 0.3) is 11.6 Å². The number of carboxylic acids is 2. The van der Waals surface area contributed by atoms with E-state index < -0.39 is 11.9 Å². The Labute approximate surface area is 137 Å². The van der Waals surface area contributed by atoms with Crippen molar-refractivity contribution in [2.75, 3.05) is 13.2 Å². The molecule has 24 heavy (non-hydrogen) atoms. The molecule has 0 saturated heterocycles. The van der Waals surface area contributed by atoms with E-state index in [0.717, 1.165) is 0 Å². The van der Waals surface area contributed by atoms with Crippen molar-refractivity contribution in [1.29, 1.82) is 0 Å². The Balaban J connectivity index is 2.08. The number of ether oxygens (including phenoxy) is 2. The molecule has 0 saturated carbocycles. The van der Waals surface area contributed by atoms with E-state index in [4.69, 9.17) is 9.47 Å². The zero-order valence-corrected chi connectivity index (χ0v) is 12.6. The molecule has 0 fully saturated rings. The summed E-state index contributed by atoms with van der Waals surface area (Å²) in [6.45, 7) is 0.838. The third-order valence-electron chi connectivity index (χ3n) is 3.57. The second kappa shape index (κ2) is 6.45. The average molecular weight is 326 g/mol. The average Bonchev–Trinajstić information content (AvgIpc) is 2.59. The predicted molar refractivity (Wildman–Crippen MR) is 86.3 cm³/mol. The lowest BCUT2D eigenvalue weighted by Crippen LogP contribution is -2.15. The molecule has 1 aliphatic rings. The van der Waals surface area contributed by atoms with Gasteiger partial charge in [0.25, 0.3) is 0 Å². The summed E-state index contributed by atoms with van der Waals surface area (Å²) in [4.78, 5) is 23.0. The SMILES string of the molecule is O=C(O)/C(=C\c1ccccc1C(=O)O)c1ccc2c(c1)OCCO2. The quantitative estimate of drug-likeness (QED) is 0.663. The van der Waals surface area contributed by atoms with E-state index >= 15 is 0 Å². The summed E-state index contributed by atoms with van der Waals surface area (Å²) >= 11 is 0. The summed E-state index contributed by atoms with van der Waals surface area (Å²) < 4.78 is 10.9. The summed E-state index contributed by atoms with van der Waals surface area (Å²) in [6.07, 6.45) is 1.34. The van der Waals surface area contributed by atoms with Gasteiger partial charge in [0.05, 0.1) is 11.1 Å². The van der Waals surface area contributed by atoms with E-state index in [2.05, 4.69) is 0 Å². The maximum atomic E-state index is 11.7. The lowest BCUT2D eigenvalue weighted by molar-refractivity contribution is -0.130. The highest BCUT2D eigenvalue weighted by molar-refractivity contribution is 6.21. The monoisotopic (exact) mass is 326 g/mol. The molecule has 0 aromatic heterocycles. The number of fused-ring (bicyclic) bond motifs is 1. The van der Waals surface area contributed by atoms with Gasteiger partial charge < -0.3 is 19.7 Å². The standard InChI is InChI=1S/C18H14O6/c19-17(20)13-4-2-1-3-11(13)9-14(18(21)22)12-5-6-15-16(10-12)24-8-7-23-15/h1-6,9-10H,7-8H2,(H,19,20)(H,21,22)/b14-9-. The minimum atomic E-state index is -1.16. The van der Waals surface area contributed by atoms with Crippen LogP contribution in [-0.4, -0.2) is 35.4 Å². The first-order valence-electron chi connectivity index (χ1n) is 7.23. The van der Waals surface area contributed by atoms with Crippen molar-refractivity contribution >= 4 is 23.6 Å². The Kier molecular flexibility index (Phi) is 4.20. The van der Waals surface area contributed by atoms with Crippen LogP contribution >= 0.6 is 0 Å². The van der Waals surface area contributed by atoms with E-state index in [1.165, 1.54) is 12.1 Å². The molecule has 0 radical (unpaired) electrons. The van der Waals surface area contributed by atoms with Crippen molar-refractivity contribution in [2.24, 2.45) is 0 Å². The fourth-order valence-electron chi connectivity index (χ4n) is 2.45. The van der Waals surface area contributed by atoms with Crippen molar-refractivity contribution in [3.8, 4) is 11.5 Å². The van der Waals surface area contributed by atoms with Crippen LogP contribution in [0.5, 0.6) is 11.5 Å². The number of aliphatic carboxylic acids is 1. The second-order valence-corrected chi connectivity index (χ2v) is 5.11. The summed E-state index contributed by atoms with van der Waals surface area (Å²) in [6, 6.07) is 11.1. The van der Waals surface area contributed by atoms with Crippen LogP contribution in [0.2, 0.25) is 0 Å². The van der Waals surface area contributed by atoms with Crippen LogP contribution in [0.1, 0.15) is 21.5 Å². The van der Waals surface area contributed by atoms with Gasteiger partial charge in [0.15, 0.2) is 11.5 Å². The minimum Gasteiger partial charge on any atom is -0.486 e. The Hall–Kier alpha value is -3.28. The molecule has 0 spiro atoms. The van der Waals surface area contributed by atoms with E-state index in [9.17, 15) is 19.8 Å². The summed E-state index contributed by atoms with van der Waals surface area (Å²) in [7, 11) is 0. The third kappa shape index (κ3) is 3.08. The van der Waals surface area contributed by atoms with Gasteiger partial charge in [-0.2, -0.15) is 0 Å². The summed E-state index contributed by atoms with van der Waals surface area (Å²) in [5.74, 6) is -1.25. The highest BCUT2D eigenvalue weighted by Crippen LogP contribution is 2.33. The lowest BCUT2D eigenvalue weighted by Gasteiger charge is -2.19. The smallest absolute Gasteiger partial charge is 0.336 e. The van der Waals surface area contributed by atoms with Gasteiger partial charge in [-0.25, -0.2) is 9.59 Å². The first-order valence-corrected chi connectivity index (χ1v) is 7.23. The molecule has 0 atom stereocenters. The second-order valence-electron chi connectivity index (χ2n) is 5.11. The largest absolute Gasteiger partial charge is 0.486 e. The molecular formula is C18H14O6. The zero-order chi connectivity index (χ0) is 17.1. The number of rotatable bonds is 4. The van der Waals surface area contributed by atoms with E-state index in [1.807, 2.05) is 0 Å². The van der Waals surface area contributed by atoms with E-state index in [1.54, 1.807) is 36.4 Å². The molecule has 6 nitrogen and oxygen atoms in total. The predicted octanol–water partition coefficient (Wildman–Crippen LogP) is 2.78. The van der Waals surface area contributed by atoms with Crippen LogP contribution in [0.4, 0.5) is 0 Å². The fourth-order valence-corrected chi connectivity index (χ4v) is 2.45. The lowest BCUT2D eigenvalue weighted by atomic mass is 9.99. The molecule has 2 N–H and O–H groups in total. The summed E-state index contributed by atoms with van der Waals surface area (Å²) in [5, 5.41) is 18.8. The Morgan fingerprint density at radius 3 is 2.38 bits per heavy atom. The van der Waals surface area contributed by atoms with Gasteiger partial charge in [-0.3, -0.25) is 0 Å². The molecule has 0 unspecified atom stereocenters. The molecule has 2 aromatic rings. The van der Waals surface area contributed by atoms with Crippen molar-refractivity contribution in [3.63, 3.8) is 0 Å². The topological polar surface area (TPSA) is 93.1 Å². The van der Waals surface area contributed by atoms with Crippen molar-refractivity contribution < 1.29 is 29.3 Å². The van der Waals surface area contributed by atoms with Crippen LogP contribution in [-0.2, 0) is 4.79 Å². The molecule has 0 aliphatic carbocycles. The highest BCUT2D eigenvalue weighted by atomic mass is 16.6. The van der Waals surface area contributed by atoms with Gasteiger partial charge >= 0.3 is 11.9 Å². The van der Waals surface area contributed by atoms with Crippen LogP contribution in [0, 0.1) is 0 Å². The number of benzene rings is 2. The number of aromatic carboxylic acids is 1. The van der Waals surface area contributed by atoms with Gasteiger partial charge in [0.2, 0.25) is 0 Å². The van der Waals surface area contributed by atoms with Crippen LogP contribution in [0.3, 0.4) is 0 Å². The van der Waals surface area contributed by atoms with Crippen molar-refractivity contribution in [3.05, 3.63) is 59.2 Å². The van der Waals surface area contributed by atoms with Crippen LogP contribution in [0.15, 0.2) is 42.5 Å². The Bertz CT molecular complexity index is 837. The van der Waals surface area contributed by atoms with Gasteiger partial charge in [0.1, 0.15) is 13.2 Å². The van der Waals surface area contributed by atoms with Gasteiger partial charge in [-0.05, 0) is 35.4 Å². The molecular weight excluding hydrogens is 312 g/mol. The molecule has 3 rings (SSSR count). The third-order valence-corrected chi connectivity index (χ3v) is 3.57. The number of carboxylic acid groups (broad SMARTS) is 2. The fraction of sp³-hybridized carbons (Fsp3) is 0.111. The van der Waals surface area contributed by atoms with Gasteiger partial charge in [0, 0.05) is 0 Å². The molecule has 6 heteroatoms. The highest BCUT2D eigenvalue weighted by Gasteiger charge is 2.18. The maximum absolute atomic E-state index is 11.7. The Morgan fingerprint density at radius 2 is 1.67 bits per heavy atom. The van der Waals surface area contributed by atoms with E-state index in [0.29, 0.717) is 35.8 Å². The molecule has 0 amide bonds. The normalized spacial score (nSPS) is 13.4. The molecule has 1 heterocycles. The van der Waals surface area contributed by atoms with Crippen LogP contribution < -0.4 is 9.47 Å². The van der Waals surface area contributed by atoms with E-state index in [-0.39, 0.29) is 11.1 Å². The zero-order valence-electron chi connectivity index (χ0n) is 12.6. The van der Waals surface area contributed by atoms with Gasteiger partial charge in [-0.1, -0.05) is 24.3 Å². The van der Waals surface area contributed by atoms with Crippen molar-refractivity contribution in [2.45, 2.75) is 0 Å². The minimum absolute atomic E-state index is 0.0272. The van der Waals surface area contributed by atoms with Gasteiger partial charge in [-0.15, -0.1) is 0 Å². The number of hydrogen-bond acceptors (Lipinski definition) is 4.